The number of likely N-dealkylation sites (tertiary alicyclic amines) is 1. The van der Waals surface area contributed by atoms with Gasteiger partial charge in [0.25, 0.3) is 0 Å². The maximum absolute atomic E-state index is 12.0. The first kappa shape index (κ1) is 13.4. The Morgan fingerprint density at radius 3 is 2.71 bits per heavy atom. The Balaban J connectivity index is 2.07. The van der Waals surface area contributed by atoms with Crippen LogP contribution in [-0.2, 0) is 16.1 Å². The lowest BCUT2D eigenvalue weighted by atomic mass is 10.1. The quantitative estimate of drug-likeness (QED) is 0.873. The van der Waals surface area contributed by atoms with Gasteiger partial charge in [-0.25, -0.2) is 4.79 Å². The van der Waals surface area contributed by atoms with Crippen molar-refractivity contribution in [3.05, 3.63) is 35.6 Å². The third-order valence-corrected chi connectivity index (χ3v) is 3.68. The van der Waals surface area contributed by atoms with Gasteiger partial charge in [0.15, 0.2) is 0 Å². The van der Waals surface area contributed by atoms with E-state index in [0.717, 1.165) is 4.90 Å². The van der Waals surface area contributed by atoms with Crippen molar-refractivity contribution in [1.82, 2.24) is 4.90 Å². The topological polar surface area (TPSA) is 87.8 Å². The number of imide groups is 1. The predicted octanol–water partition coefficient (Wildman–Crippen LogP) is 2.03. The molecular formula is C15H13NO5. The first-order valence-electron chi connectivity index (χ1n) is 6.57. The highest BCUT2D eigenvalue weighted by molar-refractivity contribution is 6.04. The minimum atomic E-state index is -1.21. The van der Waals surface area contributed by atoms with Crippen LogP contribution in [0.25, 0.3) is 11.0 Å². The fourth-order valence-electron chi connectivity index (χ4n) is 2.60. The van der Waals surface area contributed by atoms with E-state index in [1.165, 1.54) is 0 Å². The molecule has 0 saturated carbocycles. The number of nitrogens with zero attached hydrogens (tertiary/aromatic N) is 1. The van der Waals surface area contributed by atoms with E-state index in [9.17, 15) is 19.5 Å². The van der Waals surface area contributed by atoms with E-state index in [4.69, 9.17) is 4.42 Å². The van der Waals surface area contributed by atoms with Crippen molar-refractivity contribution < 1.29 is 23.9 Å². The van der Waals surface area contributed by atoms with Gasteiger partial charge in [-0.1, -0.05) is 25.1 Å². The molecule has 21 heavy (non-hydrogen) atoms. The molecule has 2 aromatic rings. The Bertz CT molecular complexity index is 761. The summed E-state index contributed by atoms with van der Waals surface area (Å²) in [6.07, 6.45) is 0.164. The largest absolute Gasteiger partial charge is 0.475 e. The van der Waals surface area contributed by atoms with Gasteiger partial charge < -0.3 is 9.52 Å². The minimum absolute atomic E-state index is 0.0688. The summed E-state index contributed by atoms with van der Waals surface area (Å²) < 4.78 is 5.32. The normalized spacial score (nSPS) is 18.7. The fourth-order valence-corrected chi connectivity index (χ4v) is 2.60. The van der Waals surface area contributed by atoms with E-state index in [1.54, 1.807) is 31.2 Å². The van der Waals surface area contributed by atoms with E-state index in [1.807, 2.05) is 0 Å². The van der Waals surface area contributed by atoms with Crippen LogP contribution in [0.4, 0.5) is 0 Å². The molecule has 2 amide bonds. The number of hydrogen-bond acceptors (Lipinski definition) is 4. The molecule has 108 valence electrons. The van der Waals surface area contributed by atoms with Gasteiger partial charge in [-0.3, -0.25) is 14.5 Å². The van der Waals surface area contributed by atoms with Crippen molar-refractivity contribution in [3.63, 3.8) is 0 Å². The Morgan fingerprint density at radius 2 is 2.10 bits per heavy atom. The molecule has 2 heterocycles. The fraction of sp³-hybridized carbons (Fsp3) is 0.267. The van der Waals surface area contributed by atoms with Crippen molar-refractivity contribution in [2.75, 3.05) is 0 Å². The van der Waals surface area contributed by atoms with E-state index in [-0.39, 0.29) is 36.5 Å². The summed E-state index contributed by atoms with van der Waals surface area (Å²) in [5, 5.41) is 9.85. The van der Waals surface area contributed by atoms with Gasteiger partial charge in [-0.05, 0) is 6.07 Å². The molecule has 6 heteroatoms. The number of rotatable bonds is 3. The van der Waals surface area contributed by atoms with Crippen LogP contribution in [-0.4, -0.2) is 27.8 Å². The average molecular weight is 287 g/mol. The molecular weight excluding hydrogens is 274 g/mol. The van der Waals surface area contributed by atoms with Crippen molar-refractivity contribution >= 4 is 28.8 Å². The van der Waals surface area contributed by atoms with Crippen molar-refractivity contribution in [3.8, 4) is 0 Å². The molecule has 0 aliphatic carbocycles. The predicted molar refractivity (Wildman–Crippen MR) is 72.5 cm³/mol. The second kappa shape index (κ2) is 4.73. The lowest BCUT2D eigenvalue weighted by Crippen LogP contribution is -2.30. The molecule has 1 unspecified atom stereocenters. The molecule has 1 fully saturated rings. The lowest BCUT2D eigenvalue weighted by molar-refractivity contribution is -0.139. The number of carbonyl (C=O) groups is 3. The highest BCUT2D eigenvalue weighted by atomic mass is 16.4. The first-order chi connectivity index (χ1) is 9.99. The van der Waals surface area contributed by atoms with Crippen LogP contribution < -0.4 is 0 Å². The third kappa shape index (κ3) is 2.08. The van der Waals surface area contributed by atoms with Gasteiger partial charge in [0.1, 0.15) is 5.58 Å². The van der Waals surface area contributed by atoms with Crippen LogP contribution in [0, 0.1) is 5.92 Å². The van der Waals surface area contributed by atoms with Crippen LogP contribution in [0.5, 0.6) is 0 Å². The van der Waals surface area contributed by atoms with E-state index in [0.29, 0.717) is 16.5 Å². The second-order valence-corrected chi connectivity index (χ2v) is 5.13. The monoisotopic (exact) mass is 287 g/mol. The van der Waals surface area contributed by atoms with E-state index in [2.05, 4.69) is 0 Å². The van der Waals surface area contributed by atoms with Crippen molar-refractivity contribution in [1.29, 1.82) is 0 Å². The number of hydrogen-bond donors (Lipinski definition) is 1. The summed E-state index contributed by atoms with van der Waals surface area (Å²) in [6.45, 7) is 1.62. The number of carboxylic acids is 1. The molecule has 3 rings (SSSR count). The first-order valence-corrected chi connectivity index (χ1v) is 6.57. The summed E-state index contributed by atoms with van der Waals surface area (Å²) >= 11 is 0. The molecule has 1 saturated heterocycles. The summed E-state index contributed by atoms with van der Waals surface area (Å²) in [4.78, 5) is 36.3. The number of aromatic carboxylic acids is 1. The van der Waals surface area contributed by atoms with Gasteiger partial charge in [0.05, 0.1) is 6.54 Å². The third-order valence-electron chi connectivity index (χ3n) is 3.68. The number of fused-ring (bicyclic) bond motifs is 1. The lowest BCUT2D eigenvalue weighted by Gasteiger charge is -2.13. The molecule has 1 aromatic carbocycles. The summed E-state index contributed by atoms with van der Waals surface area (Å²) in [5.74, 6) is -2.36. The van der Waals surface area contributed by atoms with Gasteiger partial charge in [-0.15, -0.1) is 0 Å². The molecule has 1 aliphatic rings. The number of benzene rings is 1. The zero-order valence-electron chi connectivity index (χ0n) is 11.3. The number of para-hydroxylation sites is 1. The van der Waals surface area contributed by atoms with Crippen molar-refractivity contribution in [2.45, 2.75) is 19.9 Å². The van der Waals surface area contributed by atoms with Gasteiger partial charge in [-0.2, -0.15) is 0 Å². The van der Waals surface area contributed by atoms with Crippen LogP contribution >= 0.6 is 0 Å². The molecule has 0 bridgehead atoms. The molecule has 1 aliphatic heterocycles. The average Bonchev–Trinajstić information content (AvgIpc) is 2.93. The number of furan rings is 1. The number of carbonyl (C=O) groups excluding carboxylic acids is 2. The molecule has 1 aromatic heterocycles. The van der Waals surface area contributed by atoms with Crippen LogP contribution in [0.3, 0.4) is 0 Å². The smallest absolute Gasteiger partial charge is 0.372 e. The maximum atomic E-state index is 12.0. The Hall–Kier alpha value is -2.63. The minimum Gasteiger partial charge on any atom is -0.475 e. The Morgan fingerprint density at radius 1 is 1.38 bits per heavy atom. The Kier molecular flexibility index (Phi) is 3.01. The zero-order valence-corrected chi connectivity index (χ0v) is 11.3. The highest BCUT2D eigenvalue weighted by Crippen LogP contribution is 2.29. The maximum Gasteiger partial charge on any atom is 0.372 e. The molecule has 1 N–H and O–H groups in total. The molecule has 1 atom stereocenters. The van der Waals surface area contributed by atoms with Gasteiger partial charge in [0, 0.05) is 23.3 Å². The second-order valence-electron chi connectivity index (χ2n) is 5.13. The zero-order chi connectivity index (χ0) is 15.1. The number of carboxylic acid groups (broad SMARTS) is 1. The van der Waals surface area contributed by atoms with Crippen LogP contribution in [0.1, 0.15) is 29.5 Å². The summed E-state index contributed by atoms with van der Waals surface area (Å²) in [7, 11) is 0. The summed E-state index contributed by atoms with van der Waals surface area (Å²) in [6, 6.07) is 6.86. The Labute approximate surface area is 119 Å². The van der Waals surface area contributed by atoms with Crippen LogP contribution in [0.15, 0.2) is 28.7 Å². The number of amides is 2. The highest BCUT2D eigenvalue weighted by Gasteiger charge is 2.37. The standard InChI is InChI=1S/C15H13NO5/c1-8-6-12(17)16(14(8)18)7-10-9-4-2-3-5-11(9)21-13(10)15(19)20/h2-5,8H,6-7H2,1H3,(H,19,20). The van der Waals surface area contributed by atoms with E-state index >= 15 is 0 Å². The van der Waals surface area contributed by atoms with Gasteiger partial charge >= 0.3 is 5.97 Å². The van der Waals surface area contributed by atoms with Gasteiger partial charge in [0.2, 0.25) is 17.6 Å². The van der Waals surface area contributed by atoms with E-state index < -0.39 is 5.97 Å². The molecule has 0 radical (unpaired) electrons. The van der Waals surface area contributed by atoms with Crippen molar-refractivity contribution in [2.24, 2.45) is 5.92 Å². The molecule has 0 spiro atoms. The summed E-state index contributed by atoms with van der Waals surface area (Å²) in [5.41, 5.74) is 0.783. The molecule has 6 nitrogen and oxygen atoms in total. The van der Waals surface area contributed by atoms with Crippen LogP contribution in [0.2, 0.25) is 0 Å². The SMILES string of the molecule is CC1CC(=O)N(Cc2c(C(=O)O)oc3ccccc23)C1=O.